The summed E-state index contributed by atoms with van der Waals surface area (Å²) >= 11 is 2.71. The maximum Gasteiger partial charge on any atom is 0.349 e. The molecule has 0 fully saturated rings. The number of amides is 1. The summed E-state index contributed by atoms with van der Waals surface area (Å²) in [5.74, 6) is -2.28. The van der Waals surface area contributed by atoms with Gasteiger partial charge < -0.3 is 5.32 Å². The molecule has 0 atom stereocenters. The zero-order valence-corrected chi connectivity index (χ0v) is 16.0. The Bertz CT molecular complexity index is 1250. The Hall–Kier alpha value is -2.98. The predicted octanol–water partition coefficient (Wildman–Crippen LogP) is 3.81. The number of anilines is 1. The van der Waals surface area contributed by atoms with Gasteiger partial charge in [-0.25, -0.2) is 18.6 Å². The van der Waals surface area contributed by atoms with Crippen LogP contribution in [-0.2, 0) is 11.3 Å². The molecule has 6 nitrogen and oxygen atoms in total. The fourth-order valence-corrected chi connectivity index (χ4v) is 4.32. The summed E-state index contributed by atoms with van der Waals surface area (Å²) in [7, 11) is 0. The number of nitrogens with zero attached hydrogens (tertiary/aromatic N) is 3. The molecule has 10 heteroatoms. The minimum absolute atomic E-state index is 0.167. The third kappa shape index (κ3) is 3.43. The number of halogens is 2. The van der Waals surface area contributed by atoms with Crippen LogP contribution in [0.3, 0.4) is 0 Å². The molecular formula is C18H12F2N4O2S2. The number of carbonyl (C=O) groups excluding carboxylic acids is 1. The highest BCUT2D eigenvalue weighted by molar-refractivity contribution is 7.18. The number of fused-ring (bicyclic) bond motifs is 1. The molecule has 142 valence electrons. The second-order valence-corrected chi connectivity index (χ2v) is 7.99. The third-order valence-electron chi connectivity index (χ3n) is 3.89. The van der Waals surface area contributed by atoms with E-state index in [9.17, 15) is 18.4 Å². The van der Waals surface area contributed by atoms with Crippen molar-refractivity contribution in [2.75, 3.05) is 5.32 Å². The zero-order chi connectivity index (χ0) is 19.8. The Labute approximate surface area is 165 Å². The van der Waals surface area contributed by atoms with E-state index in [1.807, 2.05) is 17.5 Å². The first-order valence-corrected chi connectivity index (χ1v) is 9.79. The molecule has 3 aromatic heterocycles. The first-order valence-electron chi connectivity index (χ1n) is 8.09. The predicted molar refractivity (Wildman–Crippen MR) is 105 cm³/mol. The van der Waals surface area contributed by atoms with Crippen LogP contribution in [0.15, 0.2) is 40.5 Å². The van der Waals surface area contributed by atoms with Crippen LogP contribution < -0.4 is 11.0 Å². The highest BCUT2D eigenvalue weighted by Gasteiger charge is 2.19. The van der Waals surface area contributed by atoms with E-state index in [-0.39, 0.29) is 12.2 Å². The van der Waals surface area contributed by atoms with Crippen LogP contribution in [0.25, 0.3) is 20.9 Å². The molecule has 0 saturated heterocycles. The molecule has 3 heterocycles. The average Bonchev–Trinajstić information content (AvgIpc) is 3.29. The lowest BCUT2D eigenvalue weighted by Gasteiger charge is -2.09. The molecule has 0 aliphatic rings. The first kappa shape index (κ1) is 18.4. The van der Waals surface area contributed by atoms with Gasteiger partial charge in [-0.05, 0) is 30.5 Å². The van der Waals surface area contributed by atoms with Gasteiger partial charge in [-0.3, -0.25) is 9.36 Å². The number of aromatic nitrogens is 3. The molecule has 1 N–H and O–H groups in total. The smallest absolute Gasteiger partial charge is 0.322 e. The Morgan fingerprint density at radius 1 is 1.25 bits per heavy atom. The van der Waals surface area contributed by atoms with Gasteiger partial charge in [0.1, 0.15) is 34.2 Å². The van der Waals surface area contributed by atoms with Crippen molar-refractivity contribution in [3.05, 3.63) is 62.8 Å². The SMILES string of the molecule is Cc1nc2c(-c3cccs3)nc(=O)n(CC(=O)Nc3ccc(F)cc3F)c2s1. The quantitative estimate of drug-likeness (QED) is 0.547. The largest absolute Gasteiger partial charge is 0.349 e. The Morgan fingerprint density at radius 3 is 2.79 bits per heavy atom. The first-order chi connectivity index (χ1) is 13.4. The number of benzene rings is 1. The molecule has 1 aromatic carbocycles. The molecule has 4 aromatic rings. The highest BCUT2D eigenvalue weighted by Crippen LogP contribution is 2.31. The molecule has 28 heavy (non-hydrogen) atoms. The van der Waals surface area contributed by atoms with Crippen LogP contribution in [0, 0.1) is 18.6 Å². The van der Waals surface area contributed by atoms with E-state index < -0.39 is 23.2 Å². The van der Waals surface area contributed by atoms with Crippen molar-refractivity contribution in [3.8, 4) is 10.6 Å². The standard InChI is InChI=1S/C18H12F2N4O2S2/c1-9-21-16-15(13-3-2-6-27-13)23-18(26)24(17(16)28-9)8-14(25)22-12-5-4-10(19)7-11(12)20/h2-7H,8H2,1H3,(H,22,25). The summed E-state index contributed by atoms with van der Waals surface area (Å²) < 4.78 is 28.0. The Morgan fingerprint density at radius 2 is 2.07 bits per heavy atom. The number of carbonyl (C=O) groups is 1. The monoisotopic (exact) mass is 418 g/mol. The minimum Gasteiger partial charge on any atom is -0.322 e. The van der Waals surface area contributed by atoms with Crippen molar-refractivity contribution in [3.63, 3.8) is 0 Å². The van der Waals surface area contributed by atoms with Crippen LogP contribution in [0.1, 0.15) is 5.01 Å². The molecule has 0 aliphatic carbocycles. The zero-order valence-electron chi connectivity index (χ0n) is 14.4. The Kier molecular flexibility index (Phi) is 4.73. The molecule has 0 radical (unpaired) electrons. The molecule has 0 unspecified atom stereocenters. The normalized spacial score (nSPS) is 11.1. The van der Waals surface area contributed by atoms with Crippen LogP contribution in [0.5, 0.6) is 0 Å². The Balaban J connectivity index is 1.71. The number of thiazole rings is 1. The number of hydrogen-bond acceptors (Lipinski definition) is 6. The third-order valence-corrected chi connectivity index (χ3v) is 5.76. The summed E-state index contributed by atoms with van der Waals surface area (Å²) in [6.45, 7) is 1.43. The van der Waals surface area contributed by atoms with Gasteiger partial charge >= 0.3 is 5.69 Å². The number of hydrogen-bond donors (Lipinski definition) is 1. The number of rotatable bonds is 4. The van der Waals surface area contributed by atoms with Crippen molar-refractivity contribution in [1.82, 2.24) is 14.5 Å². The maximum atomic E-state index is 13.8. The topological polar surface area (TPSA) is 76.9 Å². The van der Waals surface area contributed by atoms with Gasteiger partial charge in [0.05, 0.1) is 15.6 Å². The number of nitrogens with one attached hydrogen (secondary N) is 1. The molecule has 4 rings (SSSR count). The molecule has 1 amide bonds. The van der Waals surface area contributed by atoms with Crippen LogP contribution in [0.4, 0.5) is 14.5 Å². The molecule has 0 spiro atoms. The summed E-state index contributed by atoms with van der Waals surface area (Å²) in [5.41, 5.74) is 0.236. The highest BCUT2D eigenvalue weighted by atomic mass is 32.1. The number of aryl methyl sites for hydroxylation is 1. The van der Waals surface area contributed by atoms with Crippen molar-refractivity contribution >= 4 is 44.6 Å². The lowest BCUT2D eigenvalue weighted by Crippen LogP contribution is -2.29. The van der Waals surface area contributed by atoms with Crippen molar-refractivity contribution < 1.29 is 13.6 Å². The molecule has 0 bridgehead atoms. The summed E-state index contributed by atoms with van der Waals surface area (Å²) in [6.07, 6.45) is 0. The van der Waals surface area contributed by atoms with Gasteiger partial charge in [0.25, 0.3) is 0 Å². The van der Waals surface area contributed by atoms with Gasteiger partial charge in [-0.15, -0.1) is 22.7 Å². The van der Waals surface area contributed by atoms with Crippen molar-refractivity contribution in [2.45, 2.75) is 13.5 Å². The van der Waals surface area contributed by atoms with E-state index >= 15 is 0 Å². The fourth-order valence-electron chi connectivity index (χ4n) is 2.70. The van der Waals surface area contributed by atoms with Crippen molar-refractivity contribution in [1.29, 1.82) is 0 Å². The molecule has 0 aliphatic heterocycles. The number of thiophene rings is 1. The van der Waals surface area contributed by atoms with E-state index in [2.05, 4.69) is 15.3 Å². The van der Waals surface area contributed by atoms with E-state index in [4.69, 9.17) is 0 Å². The van der Waals surface area contributed by atoms with Crippen LogP contribution in [-0.4, -0.2) is 20.4 Å². The van der Waals surface area contributed by atoms with E-state index in [1.54, 1.807) is 6.92 Å². The van der Waals surface area contributed by atoms with Crippen molar-refractivity contribution in [2.24, 2.45) is 0 Å². The van der Waals surface area contributed by atoms with Crippen LogP contribution >= 0.6 is 22.7 Å². The van der Waals surface area contributed by atoms with E-state index in [0.717, 1.165) is 22.0 Å². The second kappa shape index (κ2) is 7.21. The maximum absolute atomic E-state index is 13.8. The van der Waals surface area contributed by atoms with Gasteiger partial charge in [-0.1, -0.05) is 6.07 Å². The van der Waals surface area contributed by atoms with Gasteiger partial charge in [0.15, 0.2) is 0 Å². The van der Waals surface area contributed by atoms with Gasteiger partial charge in [0.2, 0.25) is 5.91 Å². The summed E-state index contributed by atoms with van der Waals surface area (Å²) in [5, 5.41) is 4.94. The minimum atomic E-state index is -0.898. The van der Waals surface area contributed by atoms with E-state index in [0.29, 0.717) is 22.1 Å². The second-order valence-electron chi connectivity index (χ2n) is 5.87. The summed E-state index contributed by atoms with van der Waals surface area (Å²) in [4.78, 5) is 34.8. The fraction of sp³-hybridized carbons (Fsp3) is 0.111. The van der Waals surface area contributed by atoms with Gasteiger partial charge in [-0.2, -0.15) is 4.98 Å². The molecule has 0 saturated carbocycles. The van der Waals surface area contributed by atoms with Crippen LogP contribution in [0.2, 0.25) is 0 Å². The lowest BCUT2D eigenvalue weighted by atomic mass is 10.3. The average molecular weight is 418 g/mol. The molecular weight excluding hydrogens is 406 g/mol. The summed E-state index contributed by atoms with van der Waals surface area (Å²) in [6, 6.07) is 6.52. The van der Waals surface area contributed by atoms with Gasteiger partial charge in [0, 0.05) is 6.07 Å². The van der Waals surface area contributed by atoms with E-state index in [1.165, 1.54) is 27.2 Å². The lowest BCUT2D eigenvalue weighted by molar-refractivity contribution is -0.116.